The number of fused-ring (bicyclic) bond motifs is 1. The summed E-state index contributed by atoms with van der Waals surface area (Å²) in [6.07, 6.45) is 0. The quantitative estimate of drug-likeness (QED) is 0.738. The van der Waals surface area contributed by atoms with Crippen LogP contribution in [-0.4, -0.2) is 16.0 Å². The summed E-state index contributed by atoms with van der Waals surface area (Å²) in [4.78, 5) is 9.00. The van der Waals surface area contributed by atoms with E-state index in [9.17, 15) is 4.39 Å². The summed E-state index contributed by atoms with van der Waals surface area (Å²) in [7, 11) is 0. The van der Waals surface area contributed by atoms with Gasteiger partial charge in [0.15, 0.2) is 0 Å². The molecule has 2 heterocycles. The van der Waals surface area contributed by atoms with Crippen LogP contribution >= 0.6 is 11.3 Å². The zero-order valence-electron chi connectivity index (χ0n) is 12.4. The van der Waals surface area contributed by atoms with Crippen LogP contribution in [0.3, 0.4) is 0 Å². The number of nitrogens with one attached hydrogen (secondary N) is 2. The number of hydrogen-bond donors (Lipinski definition) is 2. The molecule has 2 N–H and O–H groups in total. The van der Waals surface area contributed by atoms with Crippen molar-refractivity contribution >= 4 is 33.3 Å². The van der Waals surface area contributed by atoms with Crippen LogP contribution in [-0.2, 0) is 6.54 Å². The number of rotatable bonds is 5. The SMILES string of the molecule is CC(C)Nc1nc(NCc2ccccc2F)c2sccc2n1. The summed E-state index contributed by atoms with van der Waals surface area (Å²) in [5.41, 5.74) is 1.50. The average molecular weight is 316 g/mol. The highest BCUT2D eigenvalue weighted by Gasteiger charge is 2.10. The minimum atomic E-state index is -0.216. The molecule has 0 aliphatic carbocycles. The minimum absolute atomic E-state index is 0.216. The van der Waals surface area contributed by atoms with Crippen molar-refractivity contribution in [1.82, 2.24) is 9.97 Å². The van der Waals surface area contributed by atoms with Crippen LogP contribution in [0.5, 0.6) is 0 Å². The van der Waals surface area contributed by atoms with Crippen molar-refractivity contribution in [3.05, 3.63) is 47.1 Å². The fraction of sp³-hybridized carbons (Fsp3) is 0.250. The van der Waals surface area contributed by atoms with Gasteiger partial charge < -0.3 is 10.6 Å². The molecule has 3 rings (SSSR count). The van der Waals surface area contributed by atoms with Gasteiger partial charge in [0.25, 0.3) is 0 Å². The second-order valence-corrected chi connectivity index (χ2v) is 6.19. The molecule has 0 saturated carbocycles. The Kier molecular flexibility index (Phi) is 4.20. The smallest absolute Gasteiger partial charge is 0.225 e. The van der Waals surface area contributed by atoms with Crippen molar-refractivity contribution in [3.63, 3.8) is 0 Å². The molecule has 3 aromatic rings. The van der Waals surface area contributed by atoms with E-state index in [4.69, 9.17) is 0 Å². The van der Waals surface area contributed by atoms with Crippen molar-refractivity contribution in [2.75, 3.05) is 10.6 Å². The first-order valence-corrected chi connectivity index (χ1v) is 8.00. The predicted octanol–water partition coefficient (Wildman–Crippen LogP) is 4.26. The Morgan fingerprint density at radius 3 is 2.77 bits per heavy atom. The highest BCUT2D eigenvalue weighted by atomic mass is 32.1. The van der Waals surface area contributed by atoms with Crippen molar-refractivity contribution < 1.29 is 4.39 Å². The van der Waals surface area contributed by atoms with Gasteiger partial charge in [0.05, 0.1) is 10.2 Å². The molecule has 0 aliphatic heterocycles. The third kappa shape index (κ3) is 3.17. The van der Waals surface area contributed by atoms with Gasteiger partial charge in [-0.2, -0.15) is 4.98 Å². The summed E-state index contributed by atoms with van der Waals surface area (Å²) in [6, 6.07) is 8.95. The van der Waals surface area contributed by atoms with E-state index in [-0.39, 0.29) is 11.9 Å². The van der Waals surface area contributed by atoms with Crippen molar-refractivity contribution in [1.29, 1.82) is 0 Å². The number of nitrogens with zero attached hydrogens (tertiary/aromatic N) is 2. The molecule has 114 valence electrons. The lowest BCUT2D eigenvalue weighted by atomic mass is 10.2. The number of halogens is 1. The van der Waals surface area contributed by atoms with Crippen molar-refractivity contribution in [3.8, 4) is 0 Å². The van der Waals surface area contributed by atoms with E-state index in [1.807, 2.05) is 31.4 Å². The lowest BCUT2D eigenvalue weighted by Gasteiger charge is -2.12. The second kappa shape index (κ2) is 6.27. The van der Waals surface area contributed by atoms with Crippen LogP contribution in [0.25, 0.3) is 10.2 Å². The van der Waals surface area contributed by atoms with E-state index in [0.29, 0.717) is 18.1 Å². The van der Waals surface area contributed by atoms with E-state index in [2.05, 4.69) is 20.6 Å². The first-order valence-electron chi connectivity index (χ1n) is 7.12. The van der Waals surface area contributed by atoms with Crippen LogP contribution in [0.2, 0.25) is 0 Å². The second-order valence-electron chi connectivity index (χ2n) is 5.27. The maximum Gasteiger partial charge on any atom is 0.225 e. The Balaban J connectivity index is 1.88. The fourth-order valence-electron chi connectivity index (χ4n) is 2.13. The molecule has 4 nitrogen and oxygen atoms in total. The Labute approximate surface area is 132 Å². The predicted molar refractivity (Wildman–Crippen MR) is 89.9 cm³/mol. The van der Waals surface area contributed by atoms with Crippen molar-refractivity contribution in [2.45, 2.75) is 26.4 Å². The van der Waals surface area contributed by atoms with Gasteiger partial charge in [-0.3, -0.25) is 0 Å². The van der Waals surface area contributed by atoms with Crippen LogP contribution in [0.1, 0.15) is 19.4 Å². The molecule has 22 heavy (non-hydrogen) atoms. The van der Waals surface area contributed by atoms with Gasteiger partial charge in [0.1, 0.15) is 11.6 Å². The normalized spacial score (nSPS) is 11.1. The molecule has 0 unspecified atom stereocenters. The number of thiophene rings is 1. The maximum atomic E-state index is 13.7. The topological polar surface area (TPSA) is 49.8 Å². The van der Waals surface area contributed by atoms with Crippen molar-refractivity contribution in [2.24, 2.45) is 0 Å². The molecule has 2 aromatic heterocycles. The zero-order chi connectivity index (χ0) is 15.5. The molecule has 6 heteroatoms. The largest absolute Gasteiger partial charge is 0.365 e. The summed E-state index contributed by atoms with van der Waals surface area (Å²) >= 11 is 1.57. The van der Waals surface area contributed by atoms with E-state index in [1.54, 1.807) is 23.5 Å². The summed E-state index contributed by atoms with van der Waals surface area (Å²) in [5, 5.41) is 8.41. The van der Waals surface area contributed by atoms with Gasteiger partial charge in [-0.15, -0.1) is 11.3 Å². The van der Waals surface area contributed by atoms with E-state index in [0.717, 1.165) is 16.0 Å². The maximum absolute atomic E-state index is 13.7. The summed E-state index contributed by atoms with van der Waals surface area (Å²) in [6.45, 7) is 4.46. The Morgan fingerprint density at radius 1 is 1.18 bits per heavy atom. The Bertz CT molecular complexity index is 785. The van der Waals surface area contributed by atoms with E-state index < -0.39 is 0 Å². The monoisotopic (exact) mass is 316 g/mol. The highest BCUT2D eigenvalue weighted by molar-refractivity contribution is 7.17. The molecule has 0 spiro atoms. The van der Waals surface area contributed by atoms with Gasteiger partial charge in [0.2, 0.25) is 5.95 Å². The molecule has 0 atom stereocenters. The van der Waals surface area contributed by atoms with E-state index >= 15 is 0 Å². The molecular weight excluding hydrogens is 299 g/mol. The molecule has 0 saturated heterocycles. The molecule has 0 radical (unpaired) electrons. The Morgan fingerprint density at radius 2 is 2.00 bits per heavy atom. The van der Waals surface area contributed by atoms with Gasteiger partial charge in [-0.25, -0.2) is 9.37 Å². The standard InChI is InChI=1S/C16H17FN4S/c1-10(2)19-16-20-13-7-8-22-14(13)15(21-16)18-9-11-5-3-4-6-12(11)17/h3-8,10H,9H2,1-2H3,(H2,18,19,20,21). The third-order valence-electron chi connectivity index (χ3n) is 3.13. The molecule has 0 aliphatic rings. The minimum Gasteiger partial charge on any atom is -0.365 e. The number of aromatic nitrogens is 2. The number of anilines is 2. The first-order chi connectivity index (χ1) is 10.6. The van der Waals surface area contributed by atoms with Gasteiger partial charge >= 0.3 is 0 Å². The van der Waals surface area contributed by atoms with Gasteiger partial charge in [-0.05, 0) is 31.4 Å². The van der Waals surface area contributed by atoms with E-state index in [1.165, 1.54) is 6.07 Å². The number of benzene rings is 1. The average Bonchev–Trinajstić information content (AvgIpc) is 2.94. The van der Waals surface area contributed by atoms with Crippen LogP contribution in [0.4, 0.5) is 16.2 Å². The van der Waals surface area contributed by atoms with Gasteiger partial charge in [0, 0.05) is 18.2 Å². The van der Waals surface area contributed by atoms with Crippen LogP contribution in [0.15, 0.2) is 35.7 Å². The molecule has 0 amide bonds. The Hall–Kier alpha value is -2.21. The highest BCUT2D eigenvalue weighted by Crippen LogP contribution is 2.28. The fourth-order valence-corrected chi connectivity index (χ4v) is 2.92. The summed E-state index contributed by atoms with van der Waals surface area (Å²) in [5.74, 6) is 1.09. The molecular formula is C16H17FN4S. The van der Waals surface area contributed by atoms with Crippen LogP contribution < -0.4 is 10.6 Å². The lowest BCUT2D eigenvalue weighted by Crippen LogP contribution is -2.13. The third-order valence-corrected chi connectivity index (χ3v) is 4.04. The van der Waals surface area contributed by atoms with Crippen LogP contribution in [0, 0.1) is 5.82 Å². The van der Waals surface area contributed by atoms with Gasteiger partial charge in [-0.1, -0.05) is 18.2 Å². The molecule has 0 bridgehead atoms. The molecule has 0 fully saturated rings. The lowest BCUT2D eigenvalue weighted by molar-refractivity contribution is 0.613. The number of hydrogen-bond acceptors (Lipinski definition) is 5. The summed E-state index contributed by atoms with van der Waals surface area (Å²) < 4.78 is 14.7. The first kappa shape index (κ1) is 14.7. The molecule has 1 aromatic carbocycles. The zero-order valence-corrected chi connectivity index (χ0v) is 13.2.